The van der Waals surface area contributed by atoms with E-state index in [9.17, 15) is 4.79 Å². The van der Waals surface area contributed by atoms with E-state index in [-0.39, 0.29) is 5.91 Å². The predicted molar refractivity (Wildman–Crippen MR) is 81.3 cm³/mol. The molecule has 0 unspecified atom stereocenters. The Morgan fingerprint density at radius 1 is 1.27 bits per heavy atom. The molecule has 0 fully saturated rings. The Hall–Kier alpha value is -2.50. The number of hydrogen-bond acceptors (Lipinski definition) is 4. The van der Waals surface area contributed by atoms with Gasteiger partial charge in [0.1, 0.15) is 18.9 Å². The van der Waals surface area contributed by atoms with Crippen molar-refractivity contribution < 1.29 is 14.3 Å². The summed E-state index contributed by atoms with van der Waals surface area (Å²) in [6.45, 7) is 5.63. The number of ether oxygens (including phenoxy) is 2. The quantitative estimate of drug-likeness (QED) is 0.908. The van der Waals surface area contributed by atoms with Crippen LogP contribution in [0.25, 0.3) is 0 Å². The van der Waals surface area contributed by atoms with Gasteiger partial charge in [-0.3, -0.25) is 9.89 Å². The van der Waals surface area contributed by atoms with Gasteiger partial charge in [0.2, 0.25) is 0 Å². The summed E-state index contributed by atoms with van der Waals surface area (Å²) < 4.78 is 11.0. The van der Waals surface area contributed by atoms with Crippen LogP contribution < -0.4 is 14.8 Å². The van der Waals surface area contributed by atoms with Crippen LogP contribution in [0.4, 0.5) is 0 Å². The van der Waals surface area contributed by atoms with Crippen LogP contribution in [-0.2, 0) is 6.54 Å². The highest BCUT2D eigenvalue weighted by Gasteiger charge is 2.14. The van der Waals surface area contributed by atoms with Gasteiger partial charge in [-0.2, -0.15) is 5.10 Å². The smallest absolute Gasteiger partial charge is 0.272 e. The number of nitrogens with zero attached hydrogens (tertiary/aromatic N) is 1. The van der Waals surface area contributed by atoms with E-state index in [1.165, 1.54) is 0 Å². The molecule has 0 bridgehead atoms. The lowest BCUT2D eigenvalue weighted by Gasteiger charge is -2.18. The first-order valence-electron chi connectivity index (χ1n) is 7.35. The van der Waals surface area contributed by atoms with Gasteiger partial charge >= 0.3 is 0 Å². The summed E-state index contributed by atoms with van der Waals surface area (Å²) >= 11 is 0. The molecule has 0 saturated heterocycles. The van der Waals surface area contributed by atoms with E-state index in [4.69, 9.17) is 9.47 Å². The maximum atomic E-state index is 12.1. The molecule has 116 valence electrons. The minimum atomic E-state index is -0.196. The summed E-state index contributed by atoms with van der Waals surface area (Å²) in [4.78, 5) is 12.1. The lowest BCUT2D eigenvalue weighted by atomic mass is 10.1. The molecule has 1 aliphatic rings. The van der Waals surface area contributed by atoms with Crippen molar-refractivity contribution in [2.45, 2.75) is 26.3 Å². The summed E-state index contributed by atoms with van der Waals surface area (Å²) in [6.07, 6.45) is 0. The van der Waals surface area contributed by atoms with Gasteiger partial charge in [-0.1, -0.05) is 19.9 Å². The molecular weight excluding hydrogens is 282 g/mol. The molecule has 1 aromatic carbocycles. The Morgan fingerprint density at radius 2 is 2.05 bits per heavy atom. The van der Waals surface area contributed by atoms with E-state index in [0.29, 0.717) is 31.4 Å². The highest BCUT2D eigenvalue weighted by atomic mass is 16.6. The van der Waals surface area contributed by atoms with Crippen LogP contribution >= 0.6 is 0 Å². The number of benzene rings is 1. The summed E-state index contributed by atoms with van der Waals surface area (Å²) in [5.74, 6) is 1.58. The fourth-order valence-electron chi connectivity index (χ4n) is 2.22. The fraction of sp³-hybridized carbons (Fsp3) is 0.375. The standard InChI is InChI=1S/C16H19N3O3/c1-10(2)12-8-13(19-18-12)16(20)17-9-11-3-4-14-15(7-11)22-6-5-21-14/h3-4,7-8,10H,5-6,9H2,1-2H3,(H,17,20)(H,18,19). The van der Waals surface area contributed by atoms with Crippen LogP contribution in [0.5, 0.6) is 11.5 Å². The molecule has 1 aromatic heterocycles. The Balaban J connectivity index is 1.63. The van der Waals surface area contributed by atoms with Gasteiger partial charge in [0.15, 0.2) is 11.5 Å². The van der Waals surface area contributed by atoms with Gasteiger partial charge in [-0.15, -0.1) is 0 Å². The third-order valence-electron chi connectivity index (χ3n) is 3.51. The number of nitrogens with one attached hydrogen (secondary N) is 2. The van der Waals surface area contributed by atoms with Crippen molar-refractivity contribution in [2.75, 3.05) is 13.2 Å². The third-order valence-corrected chi connectivity index (χ3v) is 3.51. The predicted octanol–water partition coefficient (Wildman–Crippen LogP) is 2.23. The Bertz CT molecular complexity index is 679. The number of aromatic amines is 1. The van der Waals surface area contributed by atoms with Crippen molar-refractivity contribution in [1.82, 2.24) is 15.5 Å². The minimum absolute atomic E-state index is 0.196. The second kappa shape index (κ2) is 6.09. The number of rotatable bonds is 4. The second-order valence-corrected chi connectivity index (χ2v) is 5.52. The molecule has 1 aliphatic heterocycles. The Kier molecular flexibility index (Phi) is 4.00. The third kappa shape index (κ3) is 3.05. The van der Waals surface area contributed by atoms with Crippen LogP contribution in [0.3, 0.4) is 0 Å². The number of carbonyl (C=O) groups excluding carboxylic acids is 1. The zero-order chi connectivity index (χ0) is 15.5. The molecule has 0 atom stereocenters. The van der Waals surface area contributed by atoms with Crippen LogP contribution in [-0.4, -0.2) is 29.3 Å². The topological polar surface area (TPSA) is 76.2 Å². The van der Waals surface area contributed by atoms with Gasteiger partial charge in [0.05, 0.1) is 0 Å². The van der Waals surface area contributed by atoms with Crippen LogP contribution in [0.15, 0.2) is 24.3 Å². The monoisotopic (exact) mass is 301 g/mol. The van der Waals surface area contributed by atoms with Crippen LogP contribution in [0.1, 0.15) is 41.5 Å². The van der Waals surface area contributed by atoms with E-state index in [0.717, 1.165) is 22.8 Å². The molecule has 6 nitrogen and oxygen atoms in total. The maximum Gasteiger partial charge on any atom is 0.272 e. The average molecular weight is 301 g/mol. The van der Waals surface area contributed by atoms with E-state index in [1.807, 2.05) is 32.0 Å². The van der Waals surface area contributed by atoms with Gasteiger partial charge in [0, 0.05) is 12.2 Å². The molecule has 2 heterocycles. The molecule has 0 radical (unpaired) electrons. The second-order valence-electron chi connectivity index (χ2n) is 5.52. The molecule has 1 amide bonds. The molecule has 0 spiro atoms. The molecule has 6 heteroatoms. The van der Waals surface area contributed by atoms with Crippen molar-refractivity contribution in [3.63, 3.8) is 0 Å². The maximum absolute atomic E-state index is 12.1. The molecule has 22 heavy (non-hydrogen) atoms. The minimum Gasteiger partial charge on any atom is -0.486 e. The molecular formula is C16H19N3O3. The summed E-state index contributed by atoms with van der Waals surface area (Å²) in [5, 5.41) is 9.77. The first kappa shape index (κ1) is 14.4. The SMILES string of the molecule is CC(C)c1cc(C(=O)NCc2ccc3c(c2)OCCO3)n[nH]1. The van der Waals surface area contributed by atoms with Crippen LogP contribution in [0, 0.1) is 0 Å². The zero-order valence-corrected chi connectivity index (χ0v) is 12.7. The van der Waals surface area contributed by atoms with Crippen molar-refractivity contribution in [1.29, 1.82) is 0 Å². The normalized spacial score (nSPS) is 13.2. The Labute approximate surface area is 128 Å². The Morgan fingerprint density at radius 3 is 2.77 bits per heavy atom. The largest absolute Gasteiger partial charge is 0.486 e. The average Bonchev–Trinajstić information content (AvgIpc) is 3.03. The molecule has 0 aliphatic carbocycles. The number of aromatic nitrogens is 2. The van der Waals surface area contributed by atoms with Gasteiger partial charge in [-0.25, -0.2) is 0 Å². The van der Waals surface area contributed by atoms with Crippen molar-refractivity contribution in [3.05, 3.63) is 41.2 Å². The fourth-order valence-corrected chi connectivity index (χ4v) is 2.22. The summed E-state index contributed by atoms with van der Waals surface area (Å²) in [6, 6.07) is 7.45. The van der Waals surface area contributed by atoms with E-state index in [1.54, 1.807) is 6.07 Å². The van der Waals surface area contributed by atoms with Gasteiger partial charge < -0.3 is 14.8 Å². The molecule has 3 rings (SSSR count). The number of hydrogen-bond donors (Lipinski definition) is 2. The summed E-state index contributed by atoms with van der Waals surface area (Å²) in [5.41, 5.74) is 2.31. The van der Waals surface area contributed by atoms with E-state index >= 15 is 0 Å². The number of fused-ring (bicyclic) bond motifs is 1. The lowest BCUT2D eigenvalue weighted by molar-refractivity contribution is 0.0945. The highest BCUT2D eigenvalue weighted by molar-refractivity contribution is 5.92. The molecule has 2 N–H and O–H groups in total. The van der Waals surface area contributed by atoms with E-state index in [2.05, 4.69) is 15.5 Å². The first-order valence-corrected chi connectivity index (χ1v) is 7.35. The lowest BCUT2D eigenvalue weighted by Crippen LogP contribution is -2.23. The van der Waals surface area contributed by atoms with Crippen molar-refractivity contribution >= 4 is 5.91 Å². The van der Waals surface area contributed by atoms with Crippen molar-refractivity contribution in [3.8, 4) is 11.5 Å². The van der Waals surface area contributed by atoms with Crippen molar-refractivity contribution in [2.24, 2.45) is 0 Å². The zero-order valence-electron chi connectivity index (χ0n) is 12.7. The van der Waals surface area contributed by atoms with Gasteiger partial charge in [-0.05, 0) is 29.7 Å². The number of H-pyrrole nitrogens is 1. The van der Waals surface area contributed by atoms with Gasteiger partial charge in [0.25, 0.3) is 5.91 Å². The molecule has 0 saturated carbocycles. The first-order chi connectivity index (χ1) is 10.6. The molecule has 2 aromatic rings. The highest BCUT2D eigenvalue weighted by Crippen LogP contribution is 2.30. The number of amides is 1. The summed E-state index contributed by atoms with van der Waals surface area (Å²) in [7, 11) is 0. The van der Waals surface area contributed by atoms with E-state index < -0.39 is 0 Å². The van der Waals surface area contributed by atoms with Crippen LogP contribution in [0.2, 0.25) is 0 Å². The number of carbonyl (C=O) groups is 1.